The molecule has 0 saturated carbocycles. The maximum atomic E-state index is 13.3. The molecule has 2 heterocycles. The minimum absolute atomic E-state index is 0.0665. The van der Waals surface area contributed by atoms with Gasteiger partial charge in [-0.2, -0.15) is 0 Å². The summed E-state index contributed by atoms with van der Waals surface area (Å²) in [5.41, 5.74) is 0. The molecule has 2 aliphatic heterocycles. The quantitative estimate of drug-likeness (QED) is 0.118. The van der Waals surface area contributed by atoms with Crippen molar-refractivity contribution in [3.05, 3.63) is 12.2 Å². The first-order valence-corrected chi connectivity index (χ1v) is 18.7. The van der Waals surface area contributed by atoms with Gasteiger partial charge >= 0.3 is 0 Å². The first-order chi connectivity index (χ1) is 21.3. The number of hydrogen-bond acceptors (Lipinski definition) is 6. The topological polar surface area (TPSA) is 80.8 Å². The Morgan fingerprint density at radius 3 is 1.77 bits per heavy atom. The number of hydrogen-bond donors (Lipinski definition) is 4. The van der Waals surface area contributed by atoms with Crippen molar-refractivity contribution in [1.82, 2.24) is 26.2 Å². The smallest absolute Gasteiger partial charge is 0.231 e. The zero-order chi connectivity index (χ0) is 30.5. The van der Waals surface area contributed by atoms with Crippen LogP contribution >= 0.6 is 0 Å². The summed E-state index contributed by atoms with van der Waals surface area (Å²) in [6, 6.07) is 0. The second-order valence-electron chi connectivity index (χ2n) is 12.8. The van der Waals surface area contributed by atoms with Gasteiger partial charge in [-0.15, -0.1) is 0 Å². The summed E-state index contributed by atoms with van der Waals surface area (Å²) in [5.74, 6) is 1.38. The molecule has 7 heteroatoms. The van der Waals surface area contributed by atoms with E-state index in [-0.39, 0.29) is 11.8 Å². The van der Waals surface area contributed by atoms with Crippen LogP contribution in [0, 0.1) is 5.92 Å². The second-order valence-corrected chi connectivity index (χ2v) is 12.8. The minimum Gasteiger partial charge on any atom is -0.317 e. The van der Waals surface area contributed by atoms with E-state index in [1.807, 2.05) is 4.90 Å². The van der Waals surface area contributed by atoms with Gasteiger partial charge in [0.2, 0.25) is 5.91 Å². The number of aliphatic imine (C=N–C) groups is 1. The maximum absolute atomic E-state index is 13.3. The molecule has 7 nitrogen and oxygen atoms in total. The maximum Gasteiger partial charge on any atom is 0.231 e. The number of nitrogens with one attached hydrogen (secondary N) is 4. The number of nitrogens with zero attached hydrogens (tertiary/aromatic N) is 2. The van der Waals surface area contributed by atoms with Crippen molar-refractivity contribution in [2.24, 2.45) is 10.9 Å². The third kappa shape index (κ3) is 20.4. The van der Waals surface area contributed by atoms with E-state index in [9.17, 15) is 4.79 Å². The highest BCUT2D eigenvalue weighted by Gasteiger charge is 2.35. The highest BCUT2D eigenvalue weighted by molar-refractivity contribution is 6.06. The fraction of sp³-hybridized carbons (Fsp3) is 0.889. The van der Waals surface area contributed by atoms with E-state index in [4.69, 9.17) is 4.99 Å². The molecule has 2 rings (SSSR count). The molecule has 1 fully saturated rings. The highest BCUT2D eigenvalue weighted by atomic mass is 16.2. The molecule has 43 heavy (non-hydrogen) atoms. The largest absolute Gasteiger partial charge is 0.317 e. The molecule has 0 aliphatic carbocycles. The van der Waals surface area contributed by atoms with E-state index in [2.05, 4.69) is 40.3 Å². The van der Waals surface area contributed by atoms with Gasteiger partial charge in [-0.25, -0.2) is 0 Å². The van der Waals surface area contributed by atoms with Gasteiger partial charge < -0.3 is 26.2 Å². The van der Waals surface area contributed by atoms with Gasteiger partial charge in [0.15, 0.2) is 0 Å². The summed E-state index contributed by atoms with van der Waals surface area (Å²) in [6.07, 6.45) is 29.9. The molecule has 0 aromatic heterocycles. The first kappa shape index (κ1) is 37.9. The number of carbonyl (C=O) groups excluding carboxylic acids is 1. The lowest BCUT2D eigenvalue weighted by Crippen LogP contribution is -2.34. The van der Waals surface area contributed by atoms with Crippen LogP contribution in [0.1, 0.15) is 135 Å². The molecule has 0 bridgehead atoms. The van der Waals surface area contributed by atoms with Crippen LogP contribution in [-0.4, -0.2) is 82.1 Å². The summed E-state index contributed by atoms with van der Waals surface area (Å²) < 4.78 is 0. The summed E-state index contributed by atoms with van der Waals surface area (Å²) in [7, 11) is 0. The summed E-state index contributed by atoms with van der Waals surface area (Å²) >= 11 is 0. The van der Waals surface area contributed by atoms with Crippen LogP contribution in [0.4, 0.5) is 0 Å². The fourth-order valence-electron chi connectivity index (χ4n) is 6.12. The predicted octanol–water partition coefficient (Wildman–Crippen LogP) is 6.59. The lowest BCUT2D eigenvalue weighted by Gasteiger charge is -2.18. The monoisotopic (exact) mass is 603 g/mol. The van der Waals surface area contributed by atoms with E-state index in [0.29, 0.717) is 0 Å². The number of rotatable bonds is 16. The third-order valence-electron chi connectivity index (χ3n) is 8.85. The van der Waals surface area contributed by atoms with Crippen molar-refractivity contribution in [1.29, 1.82) is 0 Å². The predicted molar refractivity (Wildman–Crippen MR) is 186 cm³/mol. The lowest BCUT2D eigenvalue weighted by atomic mass is 10.0. The molecule has 0 aromatic carbocycles. The number of amides is 1. The number of carbonyl (C=O) groups is 1. The molecule has 0 aromatic rings. The Hall–Kier alpha value is -1.28. The number of fused-ring (bicyclic) bond motifs is 1. The Morgan fingerprint density at radius 1 is 0.651 bits per heavy atom. The van der Waals surface area contributed by atoms with E-state index < -0.39 is 0 Å². The number of allylic oxidation sites excluding steroid dienone is 2. The Bertz CT molecular complexity index is 712. The van der Waals surface area contributed by atoms with Crippen LogP contribution in [0.15, 0.2) is 17.1 Å². The molecule has 1 saturated heterocycles. The van der Waals surface area contributed by atoms with Crippen LogP contribution < -0.4 is 21.3 Å². The van der Waals surface area contributed by atoms with Crippen LogP contribution in [-0.2, 0) is 4.79 Å². The van der Waals surface area contributed by atoms with Gasteiger partial charge in [-0.1, -0.05) is 96.1 Å². The Balaban J connectivity index is 1.62. The van der Waals surface area contributed by atoms with Crippen molar-refractivity contribution < 1.29 is 4.79 Å². The molecule has 2 aliphatic rings. The Morgan fingerprint density at radius 2 is 1.16 bits per heavy atom. The molecule has 4 N–H and O–H groups in total. The molecule has 0 spiro atoms. The minimum atomic E-state index is 0.0665. The Labute approximate surface area is 266 Å². The summed E-state index contributed by atoms with van der Waals surface area (Å²) in [6.45, 7) is 12.0. The zero-order valence-corrected chi connectivity index (χ0v) is 28.2. The Kier molecular flexibility index (Phi) is 24.9. The van der Waals surface area contributed by atoms with Crippen LogP contribution in [0.3, 0.4) is 0 Å². The molecule has 250 valence electrons. The van der Waals surface area contributed by atoms with Crippen LogP contribution in [0.5, 0.6) is 0 Å². The molecular weight excluding hydrogens is 532 g/mol. The lowest BCUT2D eigenvalue weighted by molar-refractivity contribution is -0.129. The van der Waals surface area contributed by atoms with Gasteiger partial charge in [-0.05, 0) is 84.2 Å². The fourth-order valence-corrected chi connectivity index (χ4v) is 6.12. The standard InChI is InChI=1S/C36H70N6O/c1-2-3-4-5-6-7-8-9-10-11-12-13-14-15-16-17-22-34-33-35-41-29-20-27-37-23-18-25-39-30-31-40-26-19-24-38-28-21-32-42(35)36(34)43/h16-17,34,37-40H,2-15,18-33H2,1H3. The normalized spacial score (nSPS) is 21.0. The highest BCUT2D eigenvalue weighted by Crippen LogP contribution is 2.25. The number of amidine groups is 1. The van der Waals surface area contributed by atoms with Gasteiger partial charge in [0.1, 0.15) is 5.84 Å². The van der Waals surface area contributed by atoms with E-state index in [1.165, 1.54) is 83.5 Å². The van der Waals surface area contributed by atoms with Crippen molar-refractivity contribution in [3.8, 4) is 0 Å². The molecule has 1 atom stereocenters. The van der Waals surface area contributed by atoms with E-state index in [0.717, 1.165) is 116 Å². The second kappa shape index (κ2) is 28.2. The number of unbranched alkanes of at least 4 members (excludes halogenated alkanes) is 13. The van der Waals surface area contributed by atoms with E-state index >= 15 is 0 Å². The first-order valence-electron chi connectivity index (χ1n) is 18.7. The third-order valence-corrected chi connectivity index (χ3v) is 8.85. The molecular formula is C36H70N6O. The van der Waals surface area contributed by atoms with Gasteiger partial charge in [0, 0.05) is 38.5 Å². The summed E-state index contributed by atoms with van der Waals surface area (Å²) in [4.78, 5) is 20.3. The average Bonchev–Trinajstić information content (AvgIpc) is 3.31. The SMILES string of the molecule is CCCCCCCCCCCCCCCC=CCC1CC2=NCCCNCCCNCCNCCCNCCCN2C1=O. The van der Waals surface area contributed by atoms with E-state index in [1.54, 1.807) is 0 Å². The van der Waals surface area contributed by atoms with Gasteiger partial charge in [-0.3, -0.25) is 9.79 Å². The zero-order valence-electron chi connectivity index (χ0n) is 28.2. The van der Waals surface area contributed by atoms with Gasteiger partial charge in [0.25, 0.3) is 0 Å². The van der Waals surface area contributed by atoms with Crippen molar-refractivity contribution in [2.45, 2.75) is 135 Å². The van der Waals surface area contributed by atoms with Crippen molar-refractivity contribution >= 4 is 11.7 Å². The van der Waals surface area contributed by atoms with Crippen molar-refractivity contribution in [3.63, 3.8) is 0 Å². The molecule has 1 amide bonds. The molecule has 0 radical (unpaired) electrons. The summed E-state index contributed by atoms with van der Waals surface area (Å²) in [5, 5.41) is 14.1. The average molecular weight is 603 g/mol. The molecule has 1 unspecified atom stereocenters. The van der Waals surface area contributed by atoms with Gasteiger partial charge in [0.05, 0.1) is 0 Å². The van der Waals surface area contributed by atoms with Crippen LogP contribution in [0.2, 0.25) is 0 Å². The van der Waals surface area contributed by atoms with Crippen molar-refractivity contribution in [2.75, 3.05) is 65.4 Å². The van der Waals surface area contributed by atoms with Crippen LogP contribution in [0.25, 0.3) is 0 Å².